The molecule has 0 unspecified atom stereocenters. The number of unbranched alkanes of at least 4 members (excludes halogenated alkanes) is 24. The van der Waals surface area contributed by atoms with Gasteiger partial charge in [-0.05, 0) is 60.8 Å². The summed E-state index contributed by atoms with van der Waals surface area (Å²) in [6, 6.07) is 18.5. The van der Waals surface area contributed by atoms with E-state index >= 15 is 0 Å². The van der Waals surface area contributed by atoms with Crippen LogP contribution < -0.4 is 0 Å². The van der Waals surface area contributed by atoms with E-state index in [0.29, 0.717) is 0 Å². The van der Waals surface area contributed by atoms with Gasteiger partial charge >= 0.3 is 0 Å². The van der Waals surface area contributed by atoms with E-state index in [1.54, 1.807) is 0 Å². The highest BCUT2D eigenvalue weighted by molar-refractivity contribution is 5.24. The van der Waals surface area contributed by atoms with Gasteiger partial charge < -0.3 is 4.74 Å². The first-order chi connectivity index (χ1) is 23.3. The number of benzene rings is 2. The third-order valence-corrected chi connectivity index (χ3v) is 10.2. The molecule has 2 aromatic carbocycles. The van der Waals surface area contributed by atoms with E-state index in [-0.39, 0.29) is 0 Å². The normalized spacial score (nSPS) is 11.4. The maximum absolute atomic E-state index is 6.09. The van der Waals surface area contributed by atoms with Crippen molar-refractivity contribution in [2.75, 3.05) is 13.2 Å². The van der Waals surface area contributed by atoms with Crippen molar-refractivity contribution in [2.24, 2.45) is 0 Å². The molecule has 2 rings (SSSR count). The molecule has 268 valence electrons. The topological polar surface area (TPSA) is 9.23 Å². The molecule has 1 nitrogen and oxygen atoms in total. The zero-order chi connectivity index (χ0) is 33.3. The Morgan fingerprint density at radius 1 is 0.319 bits per heavy atom. The summed E-state index contributed by atoms with van der Waals surface area (Å²) >= 11 is 0. The highest BCUT2D eigenvalue weighted by Crippen LogP contribution is 2.17. The first-order valence-electron chi connectivity index (χ1n) is 21.0. The molecule has 0 aromatic heterocycles. The van der Waals surface area contributed by atoms with Gasteiger partial charge in [-0.15, -0.1) is 0 Å². The van der Waals surface area contributed by atoms with E-state index in [9.17, 15) is 0 Å². The molecule has 0 saturated heterocycles. The molecule has 0 saturated carbocycles. The molecular weight excluding hydrogens is 569 g/mol. The van der Waals surface area contributed by atoms with Crippen LogP contribution in [0.3, 0.4) is 0 Å². The fraction of sp³-hybridized carbons (Fsp3) is 0.739. The van der Waals surface area contributed by atoms with Crippen molar-refractivity contribution in [3.8, 4) is 0 Å². The van der Waals surface area contributed by atoms with Crippen molar-refractivity contribution in [2.45, 2.75) is 206 Å². The summed E-state index contributed by atoms with van der Waals surface area (Å²) in [5.41, 5.74) is 5.87. The van der Waals surface area contributed by atoms with E-state index in [1.807, 2.05) is 0 Å². The fourth-order valence-corrected chi connectivity index (χ4v) is 7.06. The van der Waals surface area contributed by atoms with Gasteiger partial charge in [-0.1, -0.05) is 216 Å². The smallest absolute Gasteiger partial charge is 0.0506 e. The van der Waals surface area contributed by atoms with Gasteiger partial charge in [-0.3, -0.25) is 0 Å². The maximum Gasteiger partial charge on any atom is 0.0506 e. The molecule has 0 heterocycles. The van der Waals surface area contributed by atoms with Crippen molar-refractivity contribution in [1.82, 2.24) is 0 Å². The van der Waals surface area contributed by atoms with Crippen LogP contribution in [0.15, 0.2) is 48.5 Å². The largest absolute Gasteiger partial charge is 0.381 e. The predicted octanol–water partition coefficient (Wildman–Crippen LogP) is 14.8. The quantitative estimate of drug-likeness (QED) is 0.0687. The molecule has 47 heavy (non-hydrogen) atoms. The van der Waals surface area contributed by atoms with E-state index in [1.165, 1.54) is 202 Å². The van der Waals surface area contributed by atoms with Crippen molar-refractivity contribution in [1.29, 1.82) is 0 Å². The van der Waals surface area contributed by atoms with Crippen molar-refractivity contribution in [3.05, 3.63) is 70.8 Å². The second kappa shape index (κ2) is 31.7. The molecule has 0 spiro atoms. The summed E-state index contributed by atoms with van der Waals surface area (Å²) in [4.78, 5) is 0. The van der Waals surface area contributed by atoms with Crippen LogP contribution in [0.1, 0.15) is 203 Å². The summed E-state index contributed by atoms with van der Waals surface area (Å²) in [5, 5.41) is 0. The lowest BCUT2D eigenvalue weighted by Crippen LogP contribution is -2.03. The second-order valence-electron chi connectivity index (χ2n) is 14.7. The van der Waals surface area contributed by atoms with Crippen LogP contribution in [-0.2, 0) is 30.4 Å². The predicted molar refractivity (Wildman–Crippen MR) is 210 cm³/mol. The summed E-state index contributed by atoms with van der Waals surface area (Å²) in [5.74, 6) is 0. The Labute approximate surface area is 294 Å². The number of ether oxygens (including phenoxy) is 1. The molecule has 0 N–H and O–H groups in total. The van der Waals surface area contributed by atoms with Crippen molar-refractivity contribution in [3.63, 3.8) is 0 Å². The standard InChI is InChI=1S/C46H78O/c1-3-5-7-9-11-13-15-17-19-21-23-25-27-31-43-33-29-35-45(41-43)37-39-47-40-38-46-36-30-34-44(42-46)32-28-26-24-22-20-18-16-14-12-10-8-6-4-2/h29-30,33-36,41-42H,3-28,31-32,37-40H2,1-2H3. The van der Waals surface area contributed by atoms with Gasteiger partial charge in [0.15, 0.2) is 0 Å². The van der Waals surface area contributed by atoms with Gasteiger partial charge in [-0.25, -0.2) is 0 Å². The van der Waals surface area contributed by atoms with Gasteiger partial charge in [0, 0.05) is 0 Å². The lowest BCUT2D eigenvalue weighted by atomic mass is 10.0. The monoisotopic (exact) mass is 647 g/mol. The summed E-state index contributed by atoms with van der Waals surface area (Å²) in [6.45, 7) is 6.24. The number of hydrogen-bond acceptors (Lipinski definition) is 1. The maximum atomic E-state index is 6.09. The first kappa shape index (κ1) is 41.6. The van der Waals surface area contributed by atoms with Crippen LogP contribution >= 0.6 is 0 Å². The lowest BCUT2D eigenvalue weighted by molar-refractivity contribution is 0.140. The van der Waals surface area contributed by atoms with Gasteiger partial charge in [0.25, 0.3) is 0 Å². The molecule has 2 aromatic rings. The minimum atomic E-state index is 0.820. The van der Waals surface area contributed by atoms with Crippen molar-refractivity contribution >= 4 is 0 Å². The third kappa shape index (κ3) is 25.1. The molecule has 0 fully saturated rings. The SMILES string of the molecule is CCCCCCCCCCCCCCCc1cccc(CCOCCc2cccc(CCCCCCCCCCCCCCC)c2)c1. The van der Waals surface area contributed by atoms with Crippen LogP contribution in [0, 0.1) is 0 Å². The summed E-state index contributed by atoms with van der Waals surface area (Å²) < 4.78 is 6.09. The van der Waals surface area contributed by atoms with E-state index < -0.39 is 0 Å². The molecule has 0 amide bonds. The van der Waals surface area contributed by atoms with Crippen LogP contribution in [0.25, 0.3) is 0 Å². The van der Waals surface area contributed by atoms with Gasteiger partial charge in [0.05, 0.1) is 13.2 Å². The minimum absolute atomic E-state index is 0.820. The van der Waals surface area contributed by atoms with Gasteiger partial charge in [-0.2, -0.15) is 0 Å². The van der Waals surface area contributed by atoms with Gasteiger partial charge in [0.2, 0.25) is 0 Å². The summed E-state index contributed by atoms with van der Waals surface area (Å²) in [7, 11) is 0. The summed E-state index contributed by atoms with van der Waals surface area (Å²) in [6.07, 6.45) is 41.5. The average molecular weight is 647 g/mol. The number of rotatable bonds is 34. The Hall–Kier alpha value is -1.60. The second-order valence-corrected chi connectivity index (χ2v) is 14.7. The Balaban J connectivity index is 1.43. The van der Waals surface area contributed by atoms with Crippen molar-refractivity contribution < 1.29 is 4.74 Å². The highest BCUT2D eigenvalue weighted by Gasteiger charge is 2.01. The van der Waals surface area contributed by atoms with Crippen LogP contribution in [0.4, 0.5) is 0 Å². The van der Waals surface area contributed by atoms with Gasteiger partial charge in [0.1, 0.15) is 0 Å². The Kier molecular flexibility index (Phi) is 28.0. The average Bonchev–Trinajstić information content (AvgIpc) is 3.09. The molecule has 0 bridgehead atoms. The van der Waals surface area contributed by atoms with Crippen LogP contribution in [-0.4, -0.2) is 13.2 Å². The fourth-order valence-electron chi connectivity index (χ4n) is 7.06. The molecule has 0 radical (unpaired) electrons. The Morgan fingerprint density at radius 3 is 0.872 bits per heavy atom. The zero-order valence-corrected chi connectivity index (χ0v) is 31.7. The van der Waals surface area contributed by atoms with Crippen LogP contribution in [0.5, 0.6) is 0 Å². The first-order valence-corrected chi connectivity index (χ1v) is 21.0. The molecule has 1 heteroatoms. The minimum Gasteiger partial charge on any atom is -0.381 e. The van der Waals surface area contributed by atoms with E-state index in [4.69, 9.17) is 4.74 Å². The Morgan fingerprint density at radius 2 is 0.574 bits per heavy atom. The molecule has 0 aliphatic carbocycles. The molecular formula is C46H78O. The Bertz CT molecular complexity index is 857. The molecule has 0 aliphatic heterocycles. The number of hydrogen-bond donors (Lipinski definition) is 0. The van der Waals surface area contributed by atoms with E-state index in [0.717, 1.165) is 26.1 Å². The van der Waals surface area contributed by atoms with Crippen LogP contribution in [0.2, 0.25) is 0 Å². The molecule has 0 aliphatic rings. The van der Waals surface area contributed by atoms with E-state index in [2.05, 4.69) is 62.4 Å². The highest BCUT2D eigenvalue weighted by atomic mass is 16.5. The zero-order valence-electron chi connectivity index (χ0n) is 31.7. The third-order valence-electron chi connectivity index (χ3n) is 10.2. The molecule has 0 atom stereocenters. The number of aryl methyl sites for hydroxylation is 2. The lowest BCUT2D eigenvalue weighted by Gasteiger charge is -2.08.